The zero-order valence-electron chi connectivity index (χ0n) is 15.8. The van der Waals surface area contributed by atoms with Crippen LogP contribution < -0.4 is 0 Å². The van der Waals surface area contributed by atoms with Crippen molar-refractivity contribution in [3.05, 3.63) is 35.6 Å². The second kappa shape index (κ2) is 10.0. The minimum Gasteiger partial charge on any atom is -0.342 e. The second-order valence-electron chi connectivity index (χ2n) is 7.68. The molecule has 1 aromatic rings. The van der Waals surface area contributed by atoms with Gasteiger partial charge in [-0.15, -0.1) is 0 Å². The molecule has 144 valence electrons. The van der Waals surface area contributed by atoms with Gasteiger partial charge in [-0.3, -0.25) is 14.6 Å². The van der Waals surface area contributed by atoms with Crippen molar-refractivity contribution in [2.45, 2.75) is 45.1 Å². The maximum absolute atomic E-state index is 13.0. The smallest absolute Gasteiger partial charge is 0.236 e. The van der Waals surface area contributed by atoms with Crippen LogP contribution in [-0.4, -0.2) is 66.4 Å². The Morgan fingerprint density at radius 3 is 2.12 bits per heavy atom. The molecule has 0 atom stereocenters. The van der Waals surface area contributed by atoms with E-state index < -0.39 is 0 Å². The second-order valence-corrected chi connectivity index (χ2v) is 7.68. The molecule has 0 N–H and O–H groups in total. The Kier molecular flexibility index (Phi) is 7.44. The number of hydrogen-bond acceptors (Lipinski definition) is 3. The van der Waals surface area contributed by atoms with Gasteiger partial charge < -0.3 is 4.90 Å². The zero-order valence-corrected chi connectivity index (χ0v) is 15.8. The lowest BCUT2D eigenvalue weighted by Crippen LogP contribution is -2.42. The van der Waals surface area contributed by atoms with Crippen molar-refractivity contribution in [3.8, 4) is 0 Å². The van der Waals surface area contributed by atoms with Gasteiger partial charge in [-0.1, -0.05) is 31.4 Å². The van der Waals surface area contributed by atoms with Gasteiger partial charge in [-0.25, -0.2) is 4.39 Å². The van der Waals surface area contributed by atoms with E-state index in [9.17, 15) is 9.18 Å². The van der Waals surface area contributed by atoms with Crippen molar-refractivity contribution in [3.63, 3.8) is 0 Å². The molecule has 3 rings (SSSR count). The molecule has 0 bridgehead atoms. The van der Waals surface area contributed by atoms with Crippen LogP contribution in [-0.2, 0) is 11.3 Å². The van der Waals surface area contributed by atoms with Gasteiger partial charge in [0.25, 0.3) is 0 Å². The fourth-order valence-electron chi connectivity index (χ4n) is 3.98. The quantitative estimate of drug-likeness (QED) is 0.824. The summed E-state index contributed by atoms with van der Waals surface area (Å²) >= 11 is 0. The Morgan fingerprint density at radius 2 is 1.38 bits per heavy atom. The average molecular weight is 362 g/mol. The number of rotatable bonds is 4. The molecule has 26 heavy (non-hydrogen) atoms. The molecule has 2 aliphatic heterocycles. The average Bonchev–Trinajstić information content (AvgIpc) is 2.82. The Balaban J connectivity index is 1.45. The van der Waals surface area contributed by atoms with Crippen LogP contribution in [0.5, 0.6) is 0 Å². The minimum atomic E-state index is -0.182. The van der Waals surface area contributed by atoms with E-state index in [1.165, 1.54) is 31.4 Å². The van der Waals surface area contributed by atoms with Gasteiger partial charge in [-0.2, -0.15) is 0 Å². The van der Waals surface area contributed by atoms with E-state index in [4.69, 9.17) is 0 Å². The van der Waals surface area contributed by atoms with Crippen molar-refractivity contribution < 1.29 is 9.18 Å². The number of halogens is 1. The van der Waals surface area contributed by atoms with Crippen molar-refractivity contribution in [1.29, 1.82) is 0 Å². The highest BCUT2D eigenvalue weighted by Gasteiger charge is 2.20. The molecule has 0 aliphatic carbocycles. The Morgan fingerprint density at radius 1 is 0.769 bits per heavy atom. The van der Waals surface area contributed by atoms with Crippen LogP contribution in [0.4, 0.5) is 4.39 Å². The third kappa shape index (κ3) is 6.06. The molecule has 0 unspecified atom stereocenters. The summed E-state index contributed by atoms with van der Waals surface area (Å²) in [5, 5.41) is 0. The number of carbonyl (C=O) groups excluding carboxylic acids is 1. The van der Waals surface area contributed by atoms with Gasteiger partial charge in [-0.05, 0) is 50.0 Å². The largest absolute Gasteiger partial charge is 0.342 e. The minimum absolute atomic E-state index is 0.182. The van der Waals surface area contributed by atoms with E-state index in [0.717, 1.165) is 70.6 Å². The van der Waals surface area contributed by atoms with E-state index in [1.54, 1.807) is 0 Å². The molecular weight excluding hydrogens is 329 g/mol. The third-order valence-corrected chi connectivity index (χ3v) is 5.57. The summed E-state index contributed by atoms with van der Waals surface area (Å²) < 4.78 is 13.0. The molecule has 0 spiro atoms. The summed E-state index contributed by atoms with van der Waals surface area (Å²) in [5.41, 5.74) is 1.15. The van der Waals surface area contributed by atoms with E-state index in [0.29, 0.717) is 12.5 Å². The molecule has 2 aliphatic rings. The summed E-state index contributed by atoms with van der Waals surface area (Å²) in [6.45, 7) is 7.20. The van der Waals surface area contributed by atoms with Crippen LogP contribution in [0.2, 0.25) is 0 Å². The standard InChI is InChI=1S/C21H32FN3O/c22-20-9-7-19(8-10-20)17-23-11-6-12-24(16-15-23)18-21(26)25-13-4-2-1-3-5-14-25/h7-10H,1-6,11-18H2. The predicted octanol–water partition coefficient (Wildman–Crippen LogP) is 3.13. The van der Waals surface area contributed by atoms with Crippen molar-refractivity contribution in [2.75, 3.05) is 45.8 Å². The van der Waals surface area contributed by atoms with Crippen molar-refractivity contribution in [1.82, 2.24) is 14.7 Å². The Hall–Kier alpha value is -1.46. The van der Waals surface area contributed by atoms with Crippen LogP contribution in [0.1, 0.15) is 44.1 Å². The number of nitrogens with zero attached hydrogens (tertiary/aromatic N) is 3. The lowest BCUT2D eigenvalue weighted by molar-refractivity contribution is -0.132. The van der Waals surface area contributed by atoms with Crippen molar-refractivity contribution in [2.24, 2.45) is 0 Å². The SMILES string of the molecule is O=C(CN1CCCN(Cc2ccc(F)cc2)CC1)N1CCCCCCC1. The summed E-state index contributed by atoms with van der Waals surface area (Å²) in [6.07, 6.45) is 7.21. The monoisotopic (exact) mass is 361 g/mol. The van der Waals surface area contributed by atoms with Gasteiger partial charge in [0, 0.05) is 32.7 Å². The maximum Gasteiger partial charge on any atom is 0.236 e. The molecule has 4 nitrogen and oxygen atoms in total. The fraction of sp³-hybridized carbons (Fsp3) is 0.667. The normalized spacial score (nSPS) is 21.0. The van der Waals surface area contributed by atoms with Crippen LogP contribution >= 0.6 is 0 Å². The molecule has 2 heterocycles. The molecule has 2 saturated heterocycles. The molecule has 0 aromatic heterocycles. The molecule has 2 fully saturated rings. The first-order chi connectivity index (χ1) is 12.7. The molecule has 0 radical (unpaired) electrons. The van der Waals surface area contributed by atoms with Crippen LogP contribution in [0, 0.1) is 5.82 Å². The lowest BCUT2D eigenvalue weighted by atomic mass is 10.1. The summed E-state index contributed by atoms with van der Waals surface area (Å²) in [4.78, 5) is 19.5. The number of likely N-dealkylation sites (tertiary alicyclic amines) is 1. The van der Waals surface area contributed by atoms with Crippen LogP contribution in [0.25, 0.3) is 0 Å². The Labute approximate surface area is 157 Å². The summed E-state index contributed by atoms with van der Waals surface area (Å²) in [7, 11) is 0. The highest BCUT2D eigenvalue weighted by molar-refractivity contribution is 5.78. The van der Waals surface area contributed by atoms with E-state index >= 15 is 0 Å². The Bertz CT molecular complexity index is 555. The van der Waals surface area contributed by atoms with Crippen molar-refractivity contribution >= 4 is 5.91 Å². The number of amides is 1. The van der Waals surface area contributed by atoms with Crippen LogP contribution in [0.3, 0.4) is 0 Å². The molecule has 5 heteroatoms. The number of benzene rings is 1. The topological polar surface area (TPSA) is 26.8 Å². The highest BCUT2D eigenvalue weighted by atomic mass is 19.1. The first kappa shape index (κ1) is 19.3. The number of hydrogen-bond donors (Lipinski definition) is 0. The van der Waals surface area contributed by atoms with Gasteiger partial charge in [0.15, 0.2) is 0 Å². The molecule has 0 saturated carbocycles. The van der Waals surface area contributed by atoms with Gasteiger partial charge in [0.1, 0.15) is 5.82 Å². The highest BCUT2D eigenvalue weighted by Crippen LogP contribution is 2.13. The van der Waals surface area contributed by atoms with E-state index in [1.807, 2.05) is 12.1 Å². The first-order valence-electron chi connectivity index (χ1n) is 10.2. The van der Waals surface area contributed by atoms with E-state index in [2.05, 4.69) is 14.7 Å². The third-order valence-electron chi connectivity index (χ3n) is 5.57. The van der Waals surface area contributed by atoms with Gasteiger partial charge in [0.05, 0.1) is 6.54 Å². The summed E-state index contributed by atoms with van der Waals surface area (Å²) in [5.74, 6) is 0.123. The zero-order chi connectivity index (χ0) is 18.2. The van der Waals surface area contributed by atoms with Gasteiger partial charge >= 0.3 is 0 Å². The predicted molar refractivity (Wildman–Crippen MR) is 102 cm³/mol. The lowest BCUT2D eigenvalue weighted by Gasteiger charge is -2.28. The fourth-order valence-corrected chi connectivity index (χ4v) is 3.98. The van der Waals surface area contributed by atoms with E-state index in [-0.39, 0.29) is 5.82 Å². The number of carbonyl (C=O) groups is 1. The first-order valence-corrected chi connectivity index (χ1v) is 10.2. The molecule has 1 amide bonds. The van der Waals surface area contributed by atoms with Gasteiger partial charge in [0.2, 0.25) is 5.91 Å². The molecule has 1 aromatic carbocycles. The summed E-state index contributed by atoms with van der Waals surface area (Å²) in [6, 6.07) is 6.79. The molecular formula is C21H32FN3O. The maximum atomic E-state index is 13.0. The van der Waals surface area contributed by atoms with Crippen LogP contribution in [0.15, 0.2) is 24.3 Å².